The van der Waals surface area contributed by atoms with Crippen LogP contribution in [0.1, 0.15) is 11.3 Å². The molecule has 0 radical (unpaired) electrons. The van der Waals surface area contributed by atoms with Gasteiger partial charge < -0.3 is 10.6 Å². The maximum Gasteiger partial charge on any atom is 0.244 e. The fourth-order valence-corrected chi connectivity index (χ4v) is 2.57. The first-order chi connectivity index (χ1) is 13.7. The number of benzene rings is 2. The Morgan fingerprint density at radius 3 is 2.39 bits per heavy atom. The summed E-state index contributed by atoms with van der Waals surface area (Å²) in [5, 5.41) is 6.49. The Morgan fingerprint density at radius 2 is 1.64 bits per heavy atom. The minimum Gasteiger partial charge on any atom is -0.366 e. The molecule has 8 heteroatoms. The van der Waals surface area contributed by atoms with E-state index >= 15 is 0 Å². The third-order valence-electron chi connectivity index (χ3n) is 3.73. The van der Waals surface area contributed by atoms with E-state index in [1.807, 2.05) is 60.7 Å². The molecule has 0 aliphatic carbocycles. The van der Waals surface area contributed by atoms with E-state index in [0.717, 1.165) is 11.3 Å². The molecule has 4 N–H and O–H groups in total. The second kappa shape index (κ2) is 9.98. The molecule has 0 spiro atoms. The van der Waals surface area contributed by atoms with Crippen molar-refractivity contribution in [2.45, 2.75) is 13.0 Å². The number of nitrogens with zero attached hydrogens (tertiary/aromatic N) is 2. The van der Waals surface area contributed by atoms with Crippen molar-refractivity contribution in [2.24, 2.45) is 0 Å². The second-order valence-corrected chi connectivity index (χ2v) is 6.31. The number of thiocarbonyl (C=S) groups is 1. The first-order valence-electron chi connectivity index (χ1n) is 8.68. The Kier molecular flexibility index (Phi) is 6.86. The van der Waals surface area contributed by atoms with Gasteiger partial charge in [0.1, 0.15) is 12.1 Å². The Hall–Kier alpha value is -3.52. The third kappa shape index (κ3) is 6.33. The summed E-state index contributed by atoms with van der Waals surface area (Å²) in [6.45, 7) is 0.643. The second-order valence-electron chi connectivity index (χ2n) is 5.90. The van der Waals surface area contributed by atoms with Crippen LogP contribution in [-0.4, -0.2) is 21.0 Å². The van der Waals surface area contributed by atoms with Crippen LogP contribution in [0, 0.1) is 0 Å². The zero-order valence-electron chi connectivity index (χ0n) is 15.1. The molecule has 3 rings (SSSR count). The highest BCUT2D eigenvalue weighted by atomic mass is 32.1. The average molecular weight is 392 g/mol. The lowest BCUT2D eigenvalue weighted by atomic mass is 10.2. The van der Waals surface area contributed by atoms with Gasteiger partial charge in [-0.15, -0.1) is 0 Å². The molecule has 142 valence electrons. The number of para-hydroxylation sites is 1. The molecule has 2 aromatic carbocycles. The van der Waals surface area contributed by atoms with Crippen LogP contribution >= 0.6 is 12.2 Å². The molecule has 0 atom stereocenters. The number of nitrogens with one attached hydrogen (secondary N) is 4. The quantitative estimate of drug-likeness (QED) is 0.379. The normalized spacial score (nSPS) is 10.0. The van der Waals surface area contributed by atoms with Crippen molar-refractivity contribution in [2.75, 3.05) is 10.6 Å². The fraction of sp³-hybridized carbons (Fsp3) is 0.100. The van der Waals surface area contributed by atoms with Crippen molar-refractivity contribution in [1.29, 1.82) is 0 Å². The van der Waals surface area contributed by atoms with Crippen LogP contribution in [0.3, 0.4) is 0 Å². The van der Waals surface area contributed by atoms with E-state index < -0.39 is 0 Å². The van der Waals surface area contributed by atoms with Crippen molar-refractivity contribution in [3.8, 4) is 0 Å². The highest BCUT2D eigenvalue weighted by Gasteiger charge is 2.07. The summed E-state index contributed by atoms with van der Waals surface area (Å²) < 4.78 is 0. The van der Waals surface area contributed by atoms with E-state index in [9.17, 15) is 4.79 Å². The summed E-state index contributed by atoms with van der Waals surface area (Å²) in [5.74, 6) is 0.404. The first-order valence-corrected chi connectivity index (χ1v) is 9.09. The minimum absolute atomic E-state index is 0.101. The van der Waals surface area contributed by atoms with Crippen LogP contribution in [0.25, 0.3) is 0 Å². The van der Waals surface area contributed by atoms with Gasteiger partial charge >= 0.3 is 0 Å². The van der Waals surface area contributed by atoms with Crippen LogP contribution in [-0.2, 0) is 17.8 Å². The van der Waals surface area contributed by atoms with E-state index in [0.29, 0.717) is 23.2 Å². The molecule has 0 bridgehead atoms. The van der Waals surface area contributed by atoms with Gasteiger partial charge in [0.05, 0.1) is 12.1 Å². The standard InChI is InChI=1S/C20H20N6OS/c27-19(25-26-20(28)24-16-9-5-2-6-10-16)12-17-11-18(23-14-22-17)21-13-15-7-3-1-4-8-15/h1-11,14H,12-13H2,(H,25,27)(H,21,22,23)(H2,24,26,28). The molecule has 0 unspecified atom stereocenters. The number of anilines is 2. The summed E-state index contributed by atoms with van der Waals surface area (Å²) in [7, 11) is 0. The van der Waals surface area contributed by atoms with Gasteiger partial charge in [-0.25, -0.2) is 9.97 Å². The molecule has 3 aromatic rings. The molecule has 28 heavy (non-hydrogen) atoms. The molecule has 0 aliphatic heterocycles. The van der Waals surface area contributed by atoms with Crippen molar-refractivity contribution in [1.82, 2.24) is 20.8 Å². The lowest BCUT2D eigenvalue weighted by Gasteiger charge is -2.11. The van der Waals surface area contributed by atoms with Gasteiger partial charge in [0.15, 0.2) is 5.11 Å². The molecule has 1 heterocycles. The van der Waals surface area contributed by atoms with Gasteiger partial charge in [0.2, 0.25) is 5.91 Å². The van der Waals surface area contributed by atoms with Gasteiger partial charge in [-0.05, 0) is 29.9 Å². The maximum atomic E-state index is 12.1. The van der Waals surface area contributed by atoms with Crippen molar-refractivity contribution in [3.05, 3.63) is 84.3 Å². The molecular weight excluding hydrogens is 372 g/mol. The summed E-state index contributed by atoms with van der Waals surface area (Å²) in [6, 6.07) is 21.2. The summed E-state index contributed by atoms with van der Waals surface area (Å²) >= 11 is 5.15. The number of amides is 1. The van der Waals surface area contributed by atoms with Crippen molar-refractivity contribution >= 4 is 34.7 Å². The Bertz CT molecular complexity index is 920. The van der Waals surface area contributed by atoms with E-state index in [4.69, 9.17) is 12.2 Å². The van der Waals surface area contributed by atoms with Crippen LogP contribution in [0.15, 0.2) is 73.1 Å². The number of aromatic nitrogens is 2. The van der Waals surface area contributed by atoms with Gasteiger partial charge in [0.25, 0.3) is 0 Å². The zero-order chi connectivity index (χ0) is 19.6. The predicted molar refractivity (Wildman–Crippen MR) is 113 cm³/mol. The van der Waals surface area contributed by atoms with Crippen LogP contribution < -0.4 is 21.5 Å². The molecule has 0 saturated heterocycles. The average Bonchev–Trinajstić information content (AvgIpc) is 2.73. The van der Waals surface area contributed by atoms with Crippen LogP contribution in [0.4, 0.5) is 11.5 Å². The summed E-state index contributed by atoms with van der Waals surface area (Å²) in [4.78, 5) is 20.4. The third-order valence-corrected chi connectivity index (χ3v) is 3.93. The van der Waals surface area contributed by atoms with E-state index in [1.54, 1.807) is 6.07 Å². The van der Waals surface area contributed by atoms with E-state index in [-0.39, 0.29) is 12.3 Å². The summed E-state index contributed by atoms with van der Waals surface area (Å²) in [5.41, 5.74) is 7.81. The Balaban J connectivity index is 1.45. The number of hydrogen-bond donors (Lipinski definition) is 4. The molecule has 1 aromatic heterocycles. The van der Waals surface area contributed by atoms with E-state index in [1.165, 1.54) is 6.33 Å². The number of carbonyl (C=O) groups excluding carboxylic acids is 1. The number of rotatable bonds is 6. The number of carbonyl (C=O) groups is 1. The van der Waals surface area contributed by atoms with Crippen LogP contribution in [0.5, 0.6) is 0 Å². The van der Waals surface area contributed by atoms with E-state index in [2.05, 4.69) is 31.5 Å². The van der Waals surface area contributed by atoms with Crippen LogP contribution in [0.2, 0.25) is 0 Å². The number of hydrogen-bond acceptors (Lipinski definition) is 5. The molecule has 0 fully saturated rings. The topological polar surface area (TPSA) is 91.0 Å². The minimum atomic E-state index is -0.259. The van der Waals surface area contributed by atoms with Crippen molar-refractivity contribution < 1.29 is 4.79 Å². The molecule has 1 amide bonds. The first kappa shape index (κ1) is 19.2. The van der Waals surface area contributed by atoms with Gasteiger partial charge in [-0.2, -0.15) is 0 Å². The maximum absolute atomic E-state index is 12.1. The molecule has 0 aliphatic rings. The van der Waals surface area contributed by atoms with Gasteiger partial charge in [0, 0.05) is 18.3 Å². The molecule has 7 nitrogen and oxygen atoms in total. The smallest absolute Gasteiger partial charge is 0.244 e. The summed E-state index contributed by atoms with van der Waals surface area (Å²) in [6.07, 6.45) is 1.54. The molecular formula is C20H20N6OS. The Morgan fingerprint density at radius 1 is 0.929 bits per heavy atom. The fourth-order valence-electron chi connectivity index (χ4n) is 2.40. The Labute approximate surface area is 168 Å². The zero-order valence-corrected chi connectivity index (χ0v) is 15.9. The lowest BCUT2D eigenvalue weighted by Crippen LogP contribution is -2.44. The number of hydrazine groups is 1. The highest BCUT2D eigenvalue weighted by Crippen LogP contribution is 2.08. The highest BCUT2D eigenvalue weighted by molar-refractivity contribution is 7.80. The molecule has 0 saturated carbocycles. The van der Waals surface area contributed by atoms with Gasteiger partial charge in [-0.1, -0.05) is 48.5 Å². The largest absolute Gasteiger partial charge is 0.366 e. The van der Waals surface area contributed by atoms with Crippen molar-refractivity contribution in [3.63, 3.8) is 0 Å². The van der Waals surface area contributed by atoms with Gasteiger partial charge in [-0.3, -0.25) is 15.6 Å². The predicted octanol–water partition coefficient (Wildman–Crippen LogP) is 2.65. The monoisotopic (exact) mass is 392 g/mol. The SMILES string of the molecule is O=C(Cc1cc(NCc2ccccc2)ncn1)NNC(=S)Nc1ccccc1. The lowest BCUT2D eigenvalue weighted by molar-refractivity contribution is -0.121.